The highest BCUT2D eigenvalue weighted by atomic mass is 79.9. The highest BCUT2D eigenvalue weighted by Crippen LogP contribution is 2.36. The van der Waals surface area contributed by atoms with Crippen molar-refractivity contribution in [2.45, 2.75) is 23.9 Å². The minimum absolute atomic E-state index is 0.0935. The van der Waals surface area contributed by atoms with E-state index in [1.807, 2.05) is 12.1 Å². The van der Waals surface area contributed by atoms with Crippen molar-refractivity contribution in [1.29, 1.82) is 0 Å². The van der Waals surface area contributed by atoms with E-state index in [1.54, 1.807) is 13.2 Å². The van der Waals surface area contributed by atoms with Crippen LogP contribution in [0.15, 0.2) is 28.0 Å². The average Bonchev–Trinajstić information content (AvgIpc) is 3.08. The predicted octanol–water partition coefficient (Wildman–Crippen LogP) is 1.43. The third-order valence-corrected chi connectivity index (χ3v) is 6.27. The molecular formula is C11H14BrN5O2S. The van der Waals surface area contributed by atoms with E-state index in [0.29, 0.717) is 6.54 Å². The topological polar surface area (TPSA) is 83.9 Å². The number of H-pyrrole nitrogens is 1. The molecule has 2 aromatic rings. The molecule has 3 rings (SSSR count). The maximum atomic E-state index is 12.8. The van der Waals surface area contributed by atoms with E-state index < -0.39 is 10.0 Å². The van der Waals surface area contributed by atoms with E-state index in [2.05, 4.69) is 31.2 Å². The average molecular weight is 360 g/mol. The van der Waals surface area contributed by atoms with Gasteiger partial charge in [-0.15, -0.1) is 5.10 Å². The Morgan fingerprint density at radius 1 is 1.50 bits per heavy atom. The highest BCUT2D eigenvalue weighted by Gasteiger charge is 2.39. The summed E-state index contributed by atoms with van der Waals surface area (Å²) in [5.41, 5.74) is 0.914. The molecule has 0 radical (unpaired) electrons. The Balaban J connectivity index is 2.03. The van der Waals surface area contributed by atoms with Gasteiger partial charge in [0.25, 0.3) is 10.0 Å². The van der Waals surface area contributed by atoms with Gasteiger partial charge in [-0.1, -0.05) is 5.21 Å². The van der Waals surface area contributed by atoms with Gasteiger partial charge in [-0.25, -0.2) is 13.1 Å². The molecule has 20 heavy (non-hydrogen) atoms. The van der Waals surface area contributed by atoms with Crippen molar-refractivity contribution >= 4 is 26.0 Å². The number of aromatic amines is 1. The summed E-state index contributed by atoms with van der Waals surface area (Å²) >= 11 is 3.16. The van der Waals surface area contributed by atoms with Crippen molar-refractivity contribution in [2.24, 2.45) is 7.05 Å². The molecule has 1 aliphatic heterocycles. The molecule has 9 heteroatoms. The summed E-state index contributed by atoms with van der Waals surface area (Å²) in [5, 5.41) is 7.60. The van der Waals surface area contributed by atoms with Crippen molar-refractivity contribution in [2.75, 3.05) is 6.54 Å². The minimum Gasteiger partial charge on any atom is -0.364 e. The molecular weight excluding hydrogens is 346 g/mol. The van der Waals surface area contributed by atoms with Gasteiger partial charge in [0, 0.05) is 25.5 Å². The molecule has 1 saturated heterocycles. The number of aromatic nitrogens is 4. The van der Waals surface area contributed by atoms with Crippen LogP contribution in [0, 0.1) is 0 Å². The zero-order valence-corrected chi connectivity index (χ0v) is 13.2. The van der Waals surface area contributed by atoms with Crippen LogP contribution < -0.4 is 0 Å². The second kappa shape index (κ2) is 4.97. The van der Waals surface area contributed by atoms with Gasteiger partial charge in [0.05, 0.1) is 6.04 Å². The van der Waals surface area contributed by atoms with Gasteiger partial charge in [0.2, 0.25) is 5.03 Å². The maximum absolute atomic E-state index is 12.8. The van der Waals surface area contributed by atoms with E-state index in [9.17, 15) is 8.42 Å². The second-order valence-electron chi connectivity index (χ2n) is 4.71. The fourth-order valence-electron chi connectivity index (χ4n) is 2.60. The Labute approximate surface area is 125 Å². The first-order valence-electron chi connectivity index (χ1n) is 6.22. The first kappa shape index (κ1) is 13.8. The largest absolute Gasteiger partial charge is 0.364 e. The molecule has 108 valence electrons. The van der Waals surface area contributed by atoms with Crippen molar-refractivity contribution in [1.82, 2.24) is 24.3 Å². The lowest BCUT2D eigenvalue weighted by Gasteiger charge is -2.23. The fraction of sp³-hybridized carbons (Fsp3) is 0.455. The zero-order chi connectivity index (χ0) is 14.3. The number of hydrogen-bond donors (Lipinski definition) is 1. The Hall–Kier alpha value is -1.19. The molecule has 0 saturated carbocycles. The van der Waals surface area contributed by atoms with Crippen LogP contribution in [-0.4, -0.2) is 39.2 Å². The van der Waals surface area contributed by atoms with Crippen LogP contribution in [0.4, 0.5) is 0 Å². The molecule has 0 aliphatic carbocycles. The Morgan fingerprint density at radius 2 is 2.30 bits per heavy atom. The molecule has 1 N–H and O–H groups in total. The maximum Gasteiger partial charge on any atom is 0.263 e. The van der Waals surface area contributed by atoms with Gasteiger partial charge < -0.3 is 4.98 Å². The Bertz CT molecular complexity index is 690. The van der Waals surface area contributed by atoms with E-state index in [1.165, 1.54) is 8.99 Å². The summed E-state index contributed by atoms with van der Waals surface area (Å²) < 4.78 is 28.7. The van der Waals surface area contributed by atoms with Gasteiger partial charge in [0.1, 0.15) is 0 Å². The van der Waals surface area contributed by atoms with Crippen molar-refractivity contribution in [3.05, 3.63) is 28.6 Å². The number of nitrogens with zero attached hydrogens (tertiary/aromatic N) is 4. The standard InChI is InChI=1S/C11H14BrN5O2S/c1-16-11(10(12)14-15-16)20(18,19)17-7-3-5-9(17)8-4-2-6-13-8/h2,4,6,9,13H,3,5,7H2,1H3. The van der Waals surface area contributed by atoms with Crippen LogP contribution in [0.3, 0.4) is 0 Å². The number of hydrogen-bond acceptors (Lipinski definition) is 4. The van der Waals surface area contributed by atoms with Gasteiger partial charge >= 0.3 is 0 Å². The monoisotopic (exact) mass is 359 g/mol. The summed E-state index contributed by atoms with van der Waals surface area (Å²) in [7, 11) is -2.05. The normalized spacial score (nSPS) is 20.6. The van der Waals surface area contributed by atoms with Crippen LogP contribution in [-0.2, 0) is 17.1 Å². The fourth-order valence-corrected chi connectivity index (χ4v) is 5.31. The van der Waals surface area contributed by atoms with Gasteiger partial charge in [-0.3, -0.25) is 0 Å². The first-order valence-corrected chi connectivity index (χ1v) is 8.45. The van der Waals surface area contributed by atoms with Gasteiger partial charge in [-0.05, 0) is 40.9 Å². The van der Waals surface area contributed by atoms with E-state index in [4.69, 9.17) is 0 Å². The molecule has 0 bridgehead atoms. The summed E-state index contributed by atoms with van der Waals surface area (Å²) in [6.07, 6.45) is 3.45. The number of sulfonamides is 1. The van der Waals surface area contributed by atoms with E-state index in [0.717, 1.165) is 18.5 Å². The summed E-state index contributed by atoms with van der Waals surface area (Å²) in [5.74, 6) is 0. The molecule has 0 amide bonds. The van der Waals surface area contributed by atoms with Crippen LogP contribution in [0.1, 0.15) is 24.6 Å². The SMILES string of the molecule is Cn1nnc(Br)c1S(=O)(=O)N1CCCC1c1ccc[nH]1. The van der Waals surface area contributed by atoms with Gasteiger partial charge in [-0.2, -0.15) is 4.31 Å². The lowest BCUT2D eigenvalue weighted by Crippen LogP contribution is -2.32. The molecule has 1 fully saturated rings. The van der Waals surface area contributed by atoms with Crippen molar-refractivity contribution in [3.63, 3.8) is 0 Å². The van der Waals surface area contributed by atoms with E-state index >= 15 is 0 Å². The molecule has 2 aromatic heterocycles. The molecule has 0 aromatic carbocycles. The quantitative estimate of drug-likeness (QED) is 0.898. The van der Waals surface area contributed by atoms with Crippen LogP contribution in [0.25, 0.3) is 0 Å². The molecule has 0 spiro atoms. The van der Waals surface area contributed by atoms with Crippen molar-refractivity contribution in [3.8, 4) is 0 Å². The third-order valence-electron chi connectivity index (χ3n) is 3.47. The second-order valence-corrected chi connectivity index (χ2v) is 7.27. The smallest absolute Gasteiger partial charge is 0.263 e. The lowest BCUT2D eigenvalue weighted by molar-refractivity contribution is 0.386. The van der Waals surface area contributed by atoms with Crippen LogP contribution >= 0.6 is 15.9 Å². The van der Waals surface area contributed by atoms with Crippen LogP contribution in [0.2, 0.25) is 0 Å². The number of aryl methyl sites for hydroxylation is 1. The molecule has 1 aliphatic rings. The lowest BCUT2D eigenvalue weighted by atomic mass is 10.2. The van der Waals surface area contributed by atoms with Gasteiger partial charge in [0.15, 0.2) is 4.60 Å². The van der Waals surface area contributed by atoms with Crippen molar-refractivity contribution < 1.29 is 8.42 Å². The number of halogens is 1. The molecule has 1 atom stereocenters. The summed E-state index contributed by atoms with van der Waals surface area (Å²) in [4.78, 5) is 3.10. The molecule has 3 heterocycles. The summed E-state index contributed by atoms with van der Waals surface area (Å²) in [6, 6.07) is 3.63. The molecule has 7 nitrogen and oxygen atoms in total. The zero-order valence-electron chi connectivity index (χ0n) is 10.8. The Kier molecular flexibility index (Phi) is 3.43. The van der Waals surface area contributed by atoms with Crippen LogP contribution in [0.5, 0.6) is 0 Å². The minimum atomic E-state index is -3.63. The highest BCUT2D eigenvalue weighted by molar-refractivity contribution is 9.10. The third kappa shape index (κ3) is 2.09. The summed E-state index contributed by atoms with van der Waals surface area (Å²) in [6.45, 7) is 0.504. The Morgan fingerprint density at radius 3 is 2.90 bits per heavy atom. The number of nitrogens with one attached hydrogen (secondary N) is 1. The predicted molar refractivity (Wildman–Crippen MR) is 75.4 cm³/mol. The van der Waals surface area contributed by atoms with E-state index in [-0.39, 0.29) is 15.7 Å². The first-order chi connectivity index (χ1) is 9.51. The molecule has 1 unspecified atom stereocenters. The number of rotatable bonds is 3.